The predicted molar refractivity (Wildman–Crippen MR) is 67.1 cm³/mol. The van der Waals surface area contributed by atoms with Gasteiger partial charge in [-0.3, -0.25) is 4.79 Å². The maximum atomic E-state index is 12.4. The first-order valence-corrected chi connectivity index (χ1v) is 5.99. The molecule has 0 radical (unpaired) electrons. The lowest BCUT2D eigenvalue weighted by Gasteiger charge is -2.09. The van der Waals surface area contributed by atoms with E-state index in [0.717, 1.165) is 12.3 Å². The minimum Gasteiger partial charge on any atom is -0.354 e. The predicted octanol–water partition coefficient (Wildman–Crippen LogP) is 0.633. The highest BCUT2D eigenvalue weighted by molar-refractivity contribution is 5.76. The summed E-state index contributed by atoms with van der Waals surface area (Å²) in [6.45, 7) is 1.09. The van der Waals surface area contributed by atoms with Gasteiger partial charge in [-0.15, -0.1) is 0 Å². The fraction of sp³-hybridized carbons (Fsp3) is 0.545. The van der Waals surface area contributed by atoms with Crippen LogP contribution in [-0.4, -0.2) is 42.6 Å². The first-order chi connectivity index (χ1) is 9.43. The molecule has 0 atom stereocenters. The van der Waals surface area contributed by atoms with Gasteiger partial charge in [-0.05, 0) is 13.1 Å². The van der Waals surface area contributed by atoms with Crippen molar-refractivity contribution in [1.82, 2.24) is 20.6 Å². The Bertz CT molecular complexity index is 438. The molecule has 0 fully saturated rings. The topological polar surface area (TPSA) is 78.9 Å². The number of anilines is 1. The maximum Gasteiger partial charge on any atom is 0.433 e. The molecular formula is C11H16F3N5O. The van der Waals surface area contributed by atoms with Crippen LogP contribution in [0.2, 0.25) is 0 Å². The van der Waals surface area contributed by atoms with Gasteiger partial charge in [-0.1, -0.05) is 0 Å². The number of halogens is 3. The van der Waals surface area contributed by atoms with Crippen molar-refractivity contribution in [1.29, 1.82) is 0 Å². The lowest BCUT2D eigenvalue weighted by molar-refractivity contribution is -0.141. The summed E-state index contributed by atoms with van der Waals surface area (Å²) in [5, 5.41) is 8.06. The smallest absolute Gasteiger partial charge is 0.354 e. The highest BCUT2D eigenvalue weighted by Crippen LogP contribution is 2.27. The van der Waals surface area contributed by atoms with E-state index in [1.165, 1.54) is 0 Å². The molecule has 0 aromatic carbocycles. The second-order valence-electron chi connectivity index (χ2n) is 3.89. The largest absolute Gasteiger partial charge is 0.433 e. The molecule has 0 unspecified atom stereocenters. The monoisotopic (exact) mass is 291 g/mol. The fourth-order valence-electron chi connectivity index (χ4n) is 1.30. The summed E-state index contributed by atoms with van der Waals surface area (Å²) < 4.78 is 37.2. The molecule has 112 valence electrons. The lowest BCUT2D eigenvalue weighted by atomic mass is 10.4. The van der Waals surface area contributed by atoms with Gasteiger partial charge in [0, 0.05) is 32.3 Å². The SMILES string of the molecule is CNCCC(=O)NCCNc1nccc(C(F)(F)F)n1. The van der Waals surface area contributed by atoms with Crippen LogP contribution >= 0.6 is 0 Å². The van der Waals surface area contributed by atoms with Gasteiger partial charge in [0.2, 0.25) is 11.9 Å². The summed E-state index contributed by atoms with van der Waals surface area (Å²) in [5.41, 5.74) is -1.01. The summed E-state index contributed by atoms with van der Waals surface area (Å²) in [6, 6.07) is 0.796. The van der Waals surface area contributed by atoms with Gasteiger partial charge in [0.15, 0.2) is 0 Å². The summed E-state index contributed by atoms with van der Waals surface area (Å²) in [4.78, 5) is 18.3. The third-order valence-corrected chi connectivity index (χ3v) is 2.28. The van der Waals surface area contributed by atoms with E-state index < -0.39 is 11.9 Å². The maximum absolute atomic E-state index is 12.4. The van der Waals surface area contributed by atoms with Crippen LogP contribution < -0.4 is 16.0 Å². The Morgan fingerprint density at radius 1 is 1.30 bits per heavy atom. The van der Waals surface area contributed by atoms with E-state index in [-0.39, 0.29) is 24.9 Å². The van der Waals surface area contributed by atoms with Crippen LogP contribution in [0.4, 0.5) is 19.1 Å². The minimum absolute atomic E-state index is 0.121. The molecule has 0 bridgehead atoms. The molecule has 9 heteroatoms. The van der Waals surface area contributed by atoms with Crippen LogP contribution in [0.25, 0.3) is 0 Å². The number of rotatable bonds is 7. The number of hydrogen-bond acceptors (Lipinski definition) is 5. The van der Waals surface area contributed by atoms with Gasteiger partial charge in [0.1, 0.15) is 5.69 Å². The third-order valence-electron chi connectivity index (χ3n) is 2.28. The Balaban J connectivity index is 2.34. The zero-order valence-corrected chi connectivity index (χ0v) is 10.9. The van der Waals surface area contributed by atoms with Crippen molar-refractivity contribution in [2.45, 2.75) is 12.6 Å². The van der Waals surface area contributed by atoms with Crippen LogP contribution in [0.1, 0.15) is 12.1 Å². The highest BCUT2D eigenvalue weighted by Gasteiger charge is 2.32. The van der Waals surface area contributed by atoms with E-state index in [9.17, 15) is 18.0 Å². The quantitative estimate of drug-likeness (QED) is 0.642. The Labute approximate surface area is 114 Å². The molecule has 1 aromatic heterocycles. The number of aromatic nitrogens is 2. The van der Waals surface area contributed by atoms with E-state index in [1.807, 2.05) is 0 Å². The summed E-state index contributed by atoms with van der Waals surface area (Å²) in [6.07, 6.45) is -3.12. The molecule has 0 aliphatic heterocycles. The molecule has 1 aromatic rings. The van der Waals surface area contributed by atoms with Gasteiger partial charge in [-0.25, -0.2) is 9.97 Å². The molecule has 0 spiro atoms. The first kappa shape index (κ1) is 16.2. The Kier molecular flexibility index (Phi) is 6.16. The molecule has 0 aliphatic carbocycles. The van der Waals surface area contributed by atoms with Gasteiger partial charge >= 0.3 is 6.18 Å². The zero-order chi connectivity index (χ0) is 15.0. The van der Waals surface area contributed by atoms with Crippen LogP contribution in [-0.2, 0) is 11.0 Å². The van der Waals surface area contributed by atoms with Gasteiger partial charge in [-0.2, -0.15) is 13.2 Å². The summed E-state index contributed by atoms with van der Waals surface area (Å²) in [5.74, 6) is -0.254. The van der Waals surface area contributed by atoms with Crippen molar-refractivity contribution in [3.8, 4) is 0 Å². The van der Waals surface area contributed by atoms with Gasteiger partial charge in [0.05, 0.1) is 0 Å². The average Bonchev–Trinajstić information content (AvgIpc) is 2.41. The van der Waals surface area contributed by atoms with Crippen LogP contribution in [0.3, 0.4) is 0 Å². The fourth-order valence-corrected chi connectivity index (χ4v) is 1.30. The second-order valence-corrected chi connectivity index (χ2v) is 3.89. The standard InChI is InChI=1S/C11H16F3N5O/c1-15-4-3-9(20)16-6-7-18-10-17-5-2-8(19-10)11(12,13)14/h2,5,15H,3-4,6-7H2,1H3,(H,16,20)(H,17,18,19). The van der Waals surface area contributed by atoms with Crippen LogP contribution in [0.5, 0.6) is 0 Å². The Hall–Kier alpha value is -1.90. The first-order valence-electron chi connectivity index (χ1n) is 5.99. The van der Waals surface area contributed by atoms with Crippen molar-refractivity contribution in [3.63, 3.8) is 0 Å². The van der Waals surface area contributed by atoms with Crippen molar-refractivity contribution >= 4 is 11.9 Å². The number of carbonyl (C=O) groups excluding carboxylic acids is 1. The van der Waals surface area contributed by atoms with E-state index >= 15 is 0 Å². The molecular weight excluding hydrogens is 275 g/mol. The summed E-state index contributed by atoms with van der Waals surface area (Å²) >= 11 is 0. The molecule has 20 heavy (non-hydrogen) atoms. The molecule has 0 saturated carbocycles. The van der Waals surface area contributed by atoms with Crippen LogP contribution in [0.15, 0.2) is 12.3 Å². The van der Waals surface area contributed by atoms with E-state index in [2.05, 4.69) is 25.9 Å². The number of nitrogens with zero attached hydrogens (tertiary/aromatic N) is 2. The normalized spacial score (nSPS) is 11.2. The van der Waals surface area contributed by atoms with Crippen LogP contribution in [0, 0.1) is 0 Å². The number of amides is 1. The number of carbonyl (C=O) groups is 1. The second kappa shape index (κ2) is 7.63. The third kappa shape index (κ3) is 5.83. The van der Waals surface area contributed by atoms with Crippen molar-refractivity contribution in [3.05, 3.63) is 18.0 Å². The number of nitrogens with one attached hydrogen (secondary N) is 3. The lowest BCUT2D eigenvalue weighted by Crippen LogP contribution is -2.31. The van der Waals surface area contributed by atoms with E-state index in [4.69, 9.17) is 0 Å². The van der Waals surface area contributed by atoms with Crippen molar-refractivity contribution < 1.29 is 18.0 Å². The highest BCUT2D eigenvalue weighted by atomic mass is 19.4. The molecule has 0 aliphatic rings. The molecule has 1 amide bonds. The van der Waals surface area contributed by atoms with Gasteiger partial charge < -0.3 is 16.0 Å². The Morgan fingerprint density at radius 3 is 2.70 bits per heavy atom. The molecule has 0 saturated heterocycles. The van der Waals surface area contributed by atoms with E-state index in [0.29, 0.717) is 13.0 Å². The van der Waals surface area contributed by atoms with Crippen molar-refractivity contribution in [2.75, 3.05) is 32.0 Å². The molecule has 1 heterocycles. The van der Waals surface area contributed by atoms with Crippen molar-refractivity contribution in [2.24, 2.45) is 0 Å². The molecule has 3 N–H and O–H groups in total. The van der Waals surface area contributed by atoms with Gasteiger partial charge in [0.25, 0.3) is 0 Å². The molecule has 1 rings (SSSR count). The van der Waals surface area contributed by atoms with E-state index in [1.54, 1.807) is 7.05 Å². The summed E-state index contributed by atoms with van der Waals surface area (Å²) in [7, 11) is 1.74. The number of hydrogen-bond donors (Lipinski definition) is 3. The zero-order valence-electron chi connectivity index (χ0n) is 10.9. The Morgan fingerprint density at radius 2 is 2.05 bits per heavy atom. The molecule has 6 nitrogen and oxygen atoms in total. The average molecular weight is 291 g/mol. The minimum atomic E-state index is -4.50. The number of alkyl halides is 3.